The Hall–Kier alpha value is -2.93. The van der Waals surface area contributed by atoms with Crippen molar-refractivity contribution in [1.29, 1.82) is 0 Å². The summed E-state index contributed by atoms with van der Waals surface area (Å²) in [5.74, 6) is -0.253. The molecule has 0 aliphatic rings. The molecule has 0 aliphatic heterocycles. The van der Waals surface area contributed by atoms with Crippen molar-refractivity contribution in [2.75, 3.05) is 25.5 Å². The number of nitrogens with zero attached hydrogens (tertiary/aromatic N) is 1. The minimum atomic E-state index is -0.769. The number of benzene rings is 2. The highest BCUT2D eigenvalue weighted by Gasteiger charge is 2.12. The summed E-state index contributed by atoms with van der Waals surface area (Å²) in [6.07, 6.45) is 0. The summed E-state index contributed by atoms with van der Waals surface area (Å²) in [5, 5.41) is 4.48. The molecule has 0 atom stereocenters. The molecular formula is C19H22FN3O3. The molecule has 2 aromatic rings. The van der Waals surface area contributed by atoms with Crippen molar-refractivity contribution in [3.63, 3.8) is 0 Å². The molecule has 2 rings (SSSR count). The predicted molar refractivity (Wildman–Crippen MR) is 97.5 cm³/mol. The quantitative estimate of drug-likeness (QED) is 0.797. The van der Waals surface area contributed by atoms with E-state index in [1.807, 2.05) is 31.2 Å². The van der Waals surface area contributed by atoms with Crippen molar-refractivity contribution in [2.24, 2.45) is 0 Å². The zero-order chi connectivity index (χ0) is 18.9. The number of carbonyl (C=O) groups excluding carboxylic acids is 2. The molecule has 0 radical (unpaired) electrons. The maximum absolute atomic E-state index is 13.5. The van der Waals surface area contributed by atoms with Crippen LogP contribution >= 0.6 is 0 Å². The molecule has 26 heavy (non-hydrogen) atoms. The standard InChI is InChI=1S/C19H22FN3O3/c1-3-26-15-10-8-14(9-11-15)12-23(2)13-18(24)22-19(25)21-17-7-5-4-6-16(17)20/h4-11H,3,12-13H2,1-2H3,(H2,21,22,24,25). The van der Waals surface area contributed by atoms with Gasteiger partial charge in [0.05, 0.1) is 18.8 Å². The number of hydrogen-bond acceptors (Lipinski definition) is 4. The first-order valence-electron chi connectivity index (χ1n) is 8.23. The van der Waals surface area contributed by atoms with Crippen LogP contribution in [0, 0.1) is 5.82 Å². The van der Waals surface area contributed by atoms with Crippen LogP contribution in [-0.2, 0) is 11.3 Å². The van der Waals surface area contributed by atoms with Crippen LogP contribution in [0.1, 0.15) is 12.5 Å². The predicted octanol–water partition coefficient (Wildman–Crippen LogP) is 3.00. The highest BCUT2D eigenvalue weighted by molar-refractivity contribution is 6.01. The van der Waals surface area contributed by atoms with Gasteiger partial charge in [-0.25, -0.2) is 9.18 Å². The highest BCUT2D eigenvalue weighted by atomic mass is 19.1. The third-order valence-corrected chi connectivity index (χ3v) is 3.48. The lowest BCUT2D eigenvalue weighted by atomic mass is 10.2. The van der Waals surface area contributed by atoms with E-state index in [0.29, 0.717) is 13.2 Å². The zero-order valence-corrected chi connectivity index (χ0v) is 14.8. The lowest BCUT2D eigenvalue weighted by Crippen LogP contribution is -2.40. The molecule has 0 spiro atoms. The van der Waals surface area contributed by atoms with Crippen LogP contribution in [0.2, 0.25) is 0 Å². The molecule has 3 amide bonds. The second-order valence-corrected chi connectivity index (χ2v) is 5.73. The van der Waals surface area contributed by atoms with E-state index < -0.39 is 17.8 Å². The van der Waals surface area contributed by atoms with Crippen molar-refractivity contribution in [1.82, 2.24) is 10.2 Å². The summed E-state index contributed by atoms with van der Waals surface area (Å²) >= 11 is 0. The first-order valence-corrected chi connectivity index (χ1v) is 8.23. The van der Waals surface area contributed by atoms with Gasteiger partial charge in [0, 0.05) is 6.54 Å². The number of carbonyl (C=O) groups is 2. The van der Waals surface area contributed by atoms with Crippen LogP contribution in [0.3, 0.4) is 0 Å². The lowest BCUT2D eigenvalue weighted by Gasteiger charge is -2.16. The molecule has 0 aliphatic carbocycles. The van der Waals surface area contributed by atoms with E-state index in [9.17, 15) is 14.0 Å². The zero-order valence-electron chi connectivity index (χ0n) is 14.8. The molecule has 7 heteroatoms. The molecule has 2 aromatic carbocycles. The monoisotopic (exact) mass is 359 g/mol. The Kier molecular flexibility index (Phi) is 7.11. The molecule has 0 heterocycles. The van der Waals surface area contributed by atoms with Gasteiger partial charge in [0.1, 0.15) is 11.6 Å². The molecule has 6 nitrogen and oxygen atoms in total. The van der Waals surface area contributed by atoms with Gasteiger partial charge >= 0.3 is 6.03 Å². The topological polar surface area (TPSA) is 70.7 Å². The molecule has 0 aromatic heterocycles. The number of amides is 3. The summed E-state index contributed by atoms with van der Waals surface area (Å²) in [5.41, 5.74) is 1.03. The number of nitrogens with one attached hydrogen (secondary N) is 2. The van der Waals surface area contributed by atoms with Crippen molar-refractivity contribution in [3.05, 3.63) is 59.9 Å². The Morgan fingerprint density at radius 3 is 2.46 bits per heavy atom. The fourth-order valence-electron chi connectivity index (χ4n) is 2.35. The van der Waals surface area contributed by atoms with Gasteiger partial charge in [-0.1, -0.05) is 24.3 Å². The number of rotatable bonds is 7. The normalized spacial score (nSPS) is 10.5. The van der Waals surface area contributed by atoms with E-state index in [4.69, 9.17) is 4.74 Å². The fourth-order valence-corrected chi connectivity index (χ4v) is 2.35. The Morgan fingerprint density at radius 2 is 1.81 bits per heavy atom. The molecule has 0 unspecified atom stereocenters. The fraction of sp³-hybridized carbons (Fsp3) is 0.263. The largest absolute Gasteiger partial charge is 0.494 e. The summed E-state index contributed by atoms with van der Waals surface area (Å²) in [6.45, 7) is 3.09. The van der Waals surface area contributed by atoms with Gasteiger partial charge in [-0.15, -0.1) is 0 Å². The van der Waals surface area contributed by atoms with E-state index in [1.165, 1.54) is 18.2 Å². The molecule has 0 saturated carbocycles. The maximum Gasteiger partial charge on any atom is 0.326 e. The van der Waals surface area contributed by atoms with E-state index in [0.717, 1.165) is 11.3 Å². The number of halogens is 1. The smallest absolute Gasteiger partial charge is 0.326 e. The average molecular weight is 359 g/mol. The molecule has 0 saturated heterocycles. The van der Waals surface area contributed by atoms with Gasteiger partial charge in [-0.05, 0) is 43.8 Å². The van der Waals surface area contributed by atoms with Gasteiger partial charge in [-0.3, -0.25) is 15.0 Å². The van der Waals surface area contributed by atoms with Gasteiger partial charge in [0.2, 0.25) is 5.91 Å². The number of anilines is 1. The second-order valence-electron chi connectivity index (χ2n) is 5.73. The van der Waals surface area contributed by atoms with E-state index in [2.05, 4.69) is 10.6 Å². The van der Waals surface area contributed by atoms with E-state index in [-0.39, 0.29) is 12.2 Å². The highest BCUT2D eigenvalue weighted by Crippen LogP contribution is 2.13. The minimum Gasteiger partial charge on any atom is -0.494 e. The molecule has 138 valence electrons. The van der Waals surface area contributed by atoms with Crippen LogP contribution in [-0.4, -0.2) is 37.0 Å². The van der Waals surface area contributed by atoms with Crippen molar-refractivity contribution >= 4 is 17.6 Å². The molecule has 0 fully saturated rings. The SMILES string of the molecule is CCOc1ccc(CN(C)CC(=O)NC(=O)Nc2ccccc2F)cc1. The Labute approximate surface area is 152 Å². The Balaban J connectivity index is 1.79. The number of urea groups is 1. The number of imide groups is 1. The Morgan fingerprint density at radius 1 is 1.12 bits per heavy atom. The lowest BCUT2D eigenvalue weighted by molar-refractivity contribution is -0.120. The number of likely N-dealkylation sites (N-methyl/N-ethyl adjacent to an activating group) is 1. The summed E-state index contributed by atoms with van der Waals surface area (Å²) in [6, 6.07) is 12.6. The van der Waals surface area contributed by atoms with Crippen molar-refractivity contribution in [2.45, 2.75) is 13.5 Å². The minimum absolute atomic E-state index is 0.0144. The van der Waals surface area contributed by atoms with Gasteiger partial charge in [-0.2, -0.15) is 0 Å². The number of ether oxygens (including phenoxy) is 1. The third-order valence-electron chi connectivity index (χ3n) is 3.48. The van der Waals surface area contributed by atoms with Gasteiger partial charge in [0.25, 0.3) is 0 Å². The van der Waals surface area contributed by atoms with Crippen LogP contribution in [0.15, 0.2) is 48.5 Å². The molecule has 0 bridgehead atoms. The van der Waals surface area contributed by atoms with Crippen molar-refractivity contribution in [3.8, 4) is 5.75 Å². The number of hydrogen-bond donors (Lipinski definition) is 2. The Bertz CT molecular complexity index is 750. The van der Waals surface area contributed by atoms with Crippen LogP contribution in [0.4, 0.5) is 14.9 Å². The second kappa shape index (κ2) is 9.53. The summed E-state index contributed by atoms with van der Waals surface area (Å²) in [7, 11) is 1.77. The third kappa shape index (κ3) is 6.18. The number of para-hydroxylation sites is 1. The maximum atomic E-state index is 13.5. The van der Waals surface area contributed by atoms with Crippen LogP contribution in [0.25, 0.3) is 0 Å². The molecular weight excluding hydrogens is 337 g/mol. The molecule has 2 N–H and O–H groups in total. The van der Waals surface area contributed by atoms with Gasteiger partial charge < -0.3 is 10.1 Å². The van der Waals surface area contributed by atoms with Gasteiger partial charge in [0.15, 0.2) is 0 Å². The van der Waals surface area contributed by atoms with E-state index >= 15 is 0 Å². The van der Waals surface area contributed by atoms with E-state index in [1.54, 1.807) is 18.0 Å². The van der Waals surface area contributed by atoms with Crippen LogP contribution in [0.5, 0.6) is 5.75 Å². The average Bonchev–Trinajstić information content (AvgIpc) is 2.58. The first-order chi connectivity index (χ1) is 12.5. The van der Waals surface area contributed by atoms with Crippen molar-refractivity contribution < 1.29 is 18.7 Å². The summed E-state index contributed by atoms with van der Waals surface area (Å²) < 4.78 is 18.9. The summed E-state index contributed by atoms with van der Waals surface area (Å²) in [4.78, 5) is 25.5. The first kappa shape index (κ1) is 19.4. The van der Waals surface area contributed by atoms with Crippen LogP contribution < -0.4 is 15.4 Å².